The van der Waals surface area contributed by atoms with E-state index in [4.69, 9.17) is 9.47 Å². The normalized spacial score (nSPS) is 17.9. The number of rotatable bonds is 6. The molecule has 6 heteroatoms. The number of hydrogen-bond acceptors (Lipinski definition) is 5. The van der Waals surface area contributed by atoms with Crippen molar-refractivity contribution in [1.82, 2.24) is 10.2 Å². The molecule has 1 aromatic heterocycles. The molecule has 1 fully saturated rings. The molecule has 1 amide bonds. The van der Waals surface area contributed by atoms with Gasteiger partial charge in [0.05, 0.1) is 6.04 Å². The molecule has 1 saturated heterocycles. The van der Waals surface area contributed by atoms with Crippen molar-refractivity contribution in [2.45, 2.75) is 25.8 Å². The van der Waals surface area contributed by atoms with E-state index in [0.717, 1.165) is 40.6 Å². The highest BCUT2D eigenvalue weighted by Crippen LogP contribution is 2.36. The zero-order valence-corrected chi connectivity index (χ0v) is 16.3. The van der Waals surface area contributed by atoms with E-state index in [1.165, 1.54) is 12.8 Å². The van der Waals surface area contributed by atoms with Crippen LogP contribution in [-0.4, -0.2) is 37.2 Å². The van der Waals surface area contributed by atoms with Gasteiger partial charge in [-0.2, -0.15) is 0 Å². The Labute approximate surface area is 163 Å². The van der Waals surface area contributed by atoms with Gasteiger partial charge in [-0.1, -0.05) is 12.1 Å². The third-order valence-corrected chi connectivity index (χ3v) is 5.90. The third-order valence-electron chi connectivity index (χ3n) is 5.08. The van der Waals surface area contributed by atoms with E-state index in [9.17, 15) is 4.79 Å². The van der Waals surface area contributed by atoms with Crippen LogP contribution in [0.1, 0.15) is 36.2 Å². The summed E-state index contributed by atoms with van der Waals surface area (Å²) in [6, 6.07) is 10.2. The standard InChI is InChI=1S/C21H24N2O3S/c1-15(11-17-5-4-10-27-17)21(24)22-13-18(23-8-2-3-9-23)16-6-7-19-20(12-16)26-14-25-19/h4-7,10-12,18H,2-3,8-9,13-14H2,1H3,(H,22,24)/b15-11+. The highest BCUT2D eigenvalue weighted by molar-refractivity contribution is 7.10. The first-order chi connectivity index (χ1) is 13.2. The first-order valence-corrected chi connectivity index (χ1v) is 10.2. The van der Waals surface area contributed by atoms with Gasteiger partial charge < -0.3 is 14.8 Å². The van der Waals surface area contributed by atoms with Crippen molar-refractivity contribution in [3.63, 3.8) is 0 Å². The minimum atomic E-state index is -0.0201. The van der Waals surface area contributed by atoms with E-state index in [-0.39, 0.29) is 18.7 Å². The lowest BCUT2D eigenvalue weighted by atomic mass is 10.0. The largest absolute Gasteiger partial charge is 0.454 e. The summed E-state index contributed by atoms with van der Waals surface area (Å²) < 4.78 is 11.0. The molecule has 0 bridgehead atoms. The minimum absolute atomic E-state index is 0.0201. The summed E-state index contributed by atoms with van der Waals surface area (Å²) in [7, 11) is 0. The molecule has 3 heterocycles. The van der Waals surface area contributed by atoms with E-state index >= 15 is 0 Å². The molecule has 4 rings (SSSR count). The second kappa shape index (κ2) is 8.15. The molecule has 2 aliphatic rings. The number of nitrogens with one attached hydrogen (secondary N) is 1. The summed E-state index contributed by atoms with van der Waals surface area (Å²) in [5.41, 5.74) is 1.88. The van der Waals surface area contributed by atoms with Gasteiger partial charge in [0.25, 0.3) is 0 Å². The van der Waals surface area contributed by atoms with Gasteiger partial charge in [-0.3, -0.25) is 9.69 Å². The predicted molar refractivity (Wildman–Crippen MR) is 107 cm³/mol. The van der Waals surface area contributed by atoms with Gasteiger partial charge in [-0.05, 0) is 68.1 Å². The topological polar surface area (TPSA) is 50.8 Å². The number of likely N-dealkylation sites (tertiary alicyclic amines) is 1. The molecular weight excluding hydrogens is 360 g/mol. The summed E-state index contributed by atoms with van der Waals surface area (Å²) in [6.45, 7) is 4.82. The van der Waals surface area contributed by atoms with Crippen LogP contribution in [0.15, 0.2) is 41.3 Å². The van der Waals surface area contributed by atoms with Gasteiger partial charge in [0.1, 0.15) is 0 Å². The quantitative estimate of drug-likeness (QED) is 0.769. The van der Waals surface area contributed by atoms with Crippen molar-refractivity contribution in [3.05, 3.63) is 51.7 Å². The number of hydrogen-bond donors (Lipinski definition) is 1. The van der Waals surface area contributed by atoms with Crippen LogP contribution in [-0.2, 0) is 4.79 Å². The zero-order valence-electron chi connectivity index (χ0n) is 15.4. The second-order valence-corrected chi connectivity index (χ2v) is 7.90. The van der Waals surface area contributed by atoms with E-state index < -0.39 is 0 Å². The highest BCUT2D eigenvalue weighted by Gasteiger charge is 2.26. The lowest BCUT2D eigenvalue weighted by Gasteiger charge is -2.28. The maximum Gasteiger partial charge on any atom is 0.247 e. The number of carbonyl (C=O) groups excluding carboxylic acids is 1. The smallest absolute Gasteiger partial charge is 0.247 e. The fraction of sp³-hybridized carbons (Fsp3) is 0.381. The van der Waals surface area contributed by atoms with Crippen LogP contribution < -0.4 is 14.8 Å². The predicted octanol–water partition coefficient (Wildman–Crippen LogP) is 3.83. The maximum atomic E-state index is 12.6. The van der Waals surface area contributed by atoms with E-state index in [1.807, 2.05) is 42.6 Å². The van der Waals surface area contributed by atoms with Crippen LogP contribution in [0.25, 0.3) is 6.08 Å². The molecule has 27 heavy (non-hydrogen) atoms. The lowest BCUT2D eigenvalue weighted by Crippen LogP contribution is -2.37. The molecule has 0 radical (unpaired) electrons. The Kier molecular flexibility index (Phi) is 5.45. The Bertz CT molecular complexity index is 826. The number of benzene rings is 1. The van der Waals surface area contributed by atoms with E-state index in [1.54, 1.807) is 11.3 Å². The Morgan fingerprint density at radius 3 is 2.85 bits per heavy atom. The summed E-state index contributed by atoms with van der Waals surface area (Å²) in [5.74, 6) is 1.56. The van der Waals surface area contributed by atoms with Gasteiger partial charge in [-0.15, -0.1) is 11.3 Å². The van der Waals surface area contributed by atoms with Crippen molar-refractivity contribution in [2.24, 2.45) is 0 Å². The van der Waals surface area contributed by atoms with Gasteiger partial charge in [0, 0.05) is 17.0 Å². The van der Waals surface area contributed by atoms with Gasteiger partial charge >= 0.3 is 0 Å². The van der Waals surface area contributed by atoms with Crippen LogP contribution >= 0.6 is 11.3 Å². The minimum Gasteiger partial charge on any atom is -0.454 e. The Balaban J connectivity index is 1.47. The molecule has 2 aromatic rings. The first kappa shape index (κ1) is 18.1. The molecule has 1 N–H and O–H groups in total. The fourth-order valence-corrected chi connectivity index (χ4v) is 4.33. The Morgan fingerprint density at radius 1 is 1.26 bits per heavy atom. The lowest BCUT2D eigenvalue weighted by molar-refractivity contribution is -0.117. The number of fused-ring (bicyclic) bond motifs is 1. The molecule has 0 saturated carbocycles. The van der Waals surface area contributed by atoms with Crippen molar-refractivity contribution in [2.75, 3.05) is 26.4 Å². The molecule has 2 aliphatic heterocycles. The second-order valence-electron chi connectivity index (χ2n) is 6.92. The van der Waals surface area contributed by atoms with Crippen molar-refractivity contribution in [1.29, 1.82) is 0 Å². The average Bonchev–Trinajstić information content (AvgIpc) is 3.43. The number of nitrogens with zero attached hydrogens (tertiary/aromatic N) is 1. The molecule has 142 valence electrons. The monoisotopic (exact) mass is 384 g/mol. The van der Waals surface area contributed by atoms with E-state index in [0.29, 0.717) is 6.54 Å². The molecular formula is C21H24N2O3S. The molecule has 1 atom stereocenters. The zero-order chi connectivity index (χ0) is 18.6. The van der Waals surface area contributed by atoms with Crippen molar-refractivity contribution in [3.8, 4) is 11.5 Å². The molecule has 0 spiro atoms. The summed E-state index contributed by atoms with van der Waals surface area (Å²) in [6.07, 6.45) is 4.34. The molecule has 1 aromatic carbocycles. The molecule has 5 nitrogen and oxygen atoms in total. The third kappa shape index (κ3) is 4.17. The van der Waals surface area contributed by atoms with E-state index in [2.05, 4.69) is 16.3 Å². The first-order valence-electron chi connectivity index (χ1n) is 9.34. The van der Waals surface area contributed by atoms with Gasteiger partial charge in [-0.25, -0.2) is 0 Å². The number of thiophene rings is 1. The van der Waals surface area contributed by atoms with Gasteiger partial charge in [0.2, 0.25) is 12.7 Å². The van der Waals surface area contributed by atoms with Crippen LogP contribution in [0.2, 0.25) is 0 Å². The van der Waals surface area contributed by atoms with Crippen molar-refractivity contribution < 1.29 is 14.3 Å². The average molecular weight is 385 g/mol. The van der Waals surface area contributed by atoms with Gasteiger partial charge in [0.15, 0.2) is 11.5 Å². The summed E-state index contributed by atoms with van der Waals surface area (Å²) in [5, 5.41) is 5.14. The number of ether oxygens (including phenoxy) is 2. The SMILES string of the molecule is C/C(=C\c1cccs1)C(=O)NCC(c1ccc2c(c1)OCO2)N1CCCC1. The van der Waals surface area contributed by atoms with Crippen molar-refractivity contribution >= 4 is 23.3 Å². The van der Waals surface area contributed by atoms with Crippen LogP contribution in [0.5, 0.6) is 11.5 Å². The van der Waals surface area contributed by atoms with Crippen LogP contribution in [0.3, 0.4) is 0 Å². The maximum absolute atomic E-state index is 12.6. The summed E-state index contributed by atoms with van der Waals surface area (Å²) in [4.78, 5) is 16.1. The van der Waals surface area contributed by atoms with Crippen LogP contribution in [0, 0.1) is 0 Å². The highest BCUT2D eigenvalue weighted by atomic mass is 32.1. The Morgan fingerprint density at radius 2 is 2.07 bits per heavy atom. The number of amides is 1. The number of carbonyl (C=O) groups is 1. The fourth-order valence-electron chi connectivity index (χ4n) is 3.61. The van der Waals surface area contributed by atoms with Crippen LogP contribution in [0.4, 0.5) is 0 Å². The molecule has 0 aliphatic carbocycles. The summed E-state index contributed by atoms with van der Waals surface area (Å²) >= 11 is 1.63. The Hall–Kier alpha value is -2.31. The molecule has 1 unspecified atom stereocenters.